The van der Waals surface area contributed by atoms with Gasteiger partial charge in [-0.15, -0.1) is 24.8 Å². The summed E-state index contributed by atoms with van der Waals surface area (Å²) in [6.45, 7) is 0.980. The van der Waals surface area contributed by atoms with E-state index in [0.717, 1.165) is 18.7 Å². The molecule has 0 aliphatic carbocycles. The maximum absolute atomic E-state index is 5.73. The van der Waals surface area contributed by atoms with Gasteiger partial charge in [-0.1, -0.05) is 18.2 Å². The van der Waals surface area contributed by atoms with Gasteiger partial charge in [-0.2, -0.15) is 0 Å². The molecule has 0 radical (unpaired) electrons. The number of nitrogens with one attached hydrogen (secondary N) is 1. The van der Waals surface area contributed by atoms with Gasteiger partial charge < -0.3 is 11.1 Å². The number of nitrogen functional groups attached to an aromatic ring is 1. The van der Waals surface area contributed by atoms with Gasteiger partial charge in [0.05, 0.1) is 0 Å². The number of benzene rings is 1. The van der Waals surface area contributed by atoms with Crippen molar-refractivity contribution in [3.8, 4) is 0 Å². The predicted molar refractivity (Wildman–Crippen MR) is 63.0 cm³/mol. The molecule has 3 N–H and O–H groups in total. The zero-order valence-corrected chi connectivity index (χ0v) is 9.25. The number of hydrogen-bond donors (Lipinski definition) is 2. The van der Waals surface area contributed by atoms with E-state index in [1.54, 1.807) is 0 Å². The molecule has 0 saturated carbocycles. The molecule has 0 heterocycles. The third kappa shape index (κ3) is 4.98. The average Bonchev–Trinajstić information content (AvgIpc) is 2.03. The third-order valence-corrected chi connectivity index (χ3v) is 1.70. The first-order valence-electron chi connectivity index (χ1n) is 3.82. The van der Waals surface area contributed by atoms with Crippen LogP contribution in [0.25, 0.3) is 0 Å². The minimum atomic E-state index is 0. The molecule has 4 heteroatoms. The lowest BCUT2D eigenvalue weighted by Gasteiger charge is -2.03. The van der Waals surface area contributed by atoms with Gasteiger partial charge in [-0.05, 0) is 31.6 Å². The van der Waals surface area contributed by atoms with E-state index in [4.69, 9.17) is 5.73 Å². The van der Waals surface area contributed by atoms with E-state index in [9.17, 15) is 0 Å². The van der Waals surface area contributed by atoms with Gasteiger partial charge in [0.15, 0.2) is 0 Å². The minimum Gasteiger partial charge on any atom is -0.399 e. The molecule has 0 atom stereocenters. The van der Waals surface area contributed by atoms with Crippen LogP contribution in [0.4, 0.5) is 5.69 Å². The van der Waals surface area contributed by atoms with Crippen LogP contribution >= 0.6 is 24.8 Å². The van der Waals surface area contributed by atoms with Gasteiger partial charge in [0, 0.05) is 5.69 Å². The summed E-state index contributed by atoms with van der Waals surface area (Å²) in [6.07, 6.45) is 1.00. The fourth-order valence-corrected chi connectivity index (χ4v) is 1.02. The van der Waals surface area contributed by atoms with Crippen molar-refractivity contribution in [1.82, 2.24) is 5.32 Å². The second-order valence-electron chi connectivity index (χ2n) is 2.55. The molecular formula is C9H16Cl2N2. The van der Waals surface area contributed by atoms with Crippen LogP contribution in [0.5, 0.6) is 0 Å². The molecule has 0 unspecified atom stereocenters. The lowest BCUT2D eigenvalue weighted by Crippen LogP contribution is -2.11. The van der Waals surface area contributed by atoms with Gasteiger partial charge in [0.2, 0.25) is 0 Å². The Morgan fingerprint density at radius 3 is 2.38 bits per heavy atom. The molecule has 1 rings (SSSR count). The van der Waals surface area contributed by atoms with Crippen molar-refractivity contribution < 1.29 is 0 Å². The molecule has 0 amide bonds. The molecule has 13 heavy (non-hydrogen) atoms. The van der Waals surface area contributed by atoms with Crippen molar-refractivity contribution in [3.05, 3.63) is 29.8 Å². The molecule has 2 nitrogen and oxygen atoms in total. The highest BCUT2D eigenvalue weighted by molar-refractivity contribution is 5.85. The van der Waals surface area contributed by atoms with Crippen LogP contribution < -0.4 is 11.1 Å². The zero-order valence-electron chi connectivity index (χ0n) is 7.62. The van der Waals surface area contributed by atoms with Gasteiger partial charge in [0.25, 0.3) is 0 Å². The molecule has 0 bridgehead atoms. The van der Waals surface area contributed by atoms with E-state index in [0.29, 0.717) is 0 Å². The maximum Gasteiger partial charge on any atom is 0.0347 e. The summed E-state index contributed by atoms with van der Waals surface area (Å²) in [5.41, 5.74) is 7.85. The van der Waals surface area contributed by atoms with Crippen molar-refractivity contribution in [2.24, 2.45) is 0 Å². The molecule has 0 aliphatic rings. The van der Waals surface area contributed by atoms with Gasteiger partial charge in [-0.25, -0.2) is 0 Å². The molecule has 1 aromatic rings. The summed E-state index contributed by atoms with van der Waals surface area (Å²) >= 11 is 0. The highest BCUT2D eigenvalue weighted by atomic mass is 35.5. The normalized spacial score (nSPS) is 8.38. The van der Waals surface area contributed by atoms with E-state index in [1.165, 1.54) is 5.56 Å². The van der Waals surface area contributed by atoms with Crippen molar-refractivity contribution >= 4 is 30.5 Å². The fraction of sp³-hybridized carbons (Fsp3) is 0.333. The Morgan fingerprint density at radius 2 is 1.85 bits per heavy atom. The summed E-state index contributed by atoms with van der Waals surface area (Å²) in [5.74, 6) is 0. The van der Waals surface area contributed by atoms with E-state index in [2.05, 4.69) is 11.4 Å². The minimum absolute atomic E-state index is 0. The largest absolute Gasteiger partial charge is 0.399 e. The number of likely N-dealkylation sites (N-methyl/N-ethyl adjacent to an activating group) is 1. The lowest BCUT2D eigenvalue weighted by molar-refractivity contribution is 0.793. The standard InChI is InChI=1S/C9H14N2.2ClH/c1-11-7-6-8-4-2-3-5-9(8)10;;/h2-5,11H,6-7,10H2,1H3;2*1H. The SMILES string of the molecule is CNCCc1ccccc1N.Cl.Cl. The molecule has 76 valence electrons. The van der Waals surface area contributed by atoms with Gasteiger partial charge in [-0.3, -0.25) is 0 Å². The first-order valence-corrected chi connectivity index (χ1v) is 3.82. The Bertz CT molecular complexity index is 229. The van der Waals surface area contributed by atoms with E-state index < -0.39 is 0 Å². The average molecular weight is 223 g/mol. The van der Waals surface area contributed by atoms with E-state index >= 15 is 0 Å². The molecule has 0 fully saturated rings. The number of halogens is 2. The lowest BCUT2D eigenvalue weighted by atomic mass is 10.1. The second-order valence-corrected chi connectivity index (χ2v) is 2.55. The van der Waals surface area contributed by atoms with Crippen LogP contribution in [0.3, 0.4) is 0 Å². The topological polar surface area (TPSA) is 38.0 Å². The van der Waals surface area contributed by atoms with Crippen molar-refractivity contribution in [2.75, 3.05) is 19.3 Å². The van der Waals surface area contributed by atoms with E-state index in [-0.39, 0.29) is 24.8 Å². The highest BCUT2D eigenvalue weighted by Gasteiger charge is 1.94. The van der Waals surface area contributed by atoms with Crippen molar-refractivity contribution in [1.29, 1.82) is 0 Å². The number of anilines is 1. The Hall–Kier alpha value is -0.440. The highest BCUT2D eigenvalue weighted by Crippen LogP contribution is 2.09. The Morgan fingerprint density at radius 1 is 1.23 bits per heavy atom. The quantitative estimate of drug-likeness (QED) is 0.768. The molecule has 0 aromatic heterocycles. The van der Waals surface area contributed by atoms with Gasteiger partial charge in [0.1, 0.15) is 0 Å². The van der Waals surface area contributed by atoms with Crippen LogP contribution in [-0.4, -0.2) is 13.6 Å². The zero-order chi connectivity index (χ0) is 8.10. The molecule has 1 aromatic carbocycles. The Balaban J connectivity index is 0. The van der Waals surface area contributed by atoms with E-state index in [1.807, 2.05) is 25.2 Å². The summed E-state index contributed by atoms with van der Waals surface area (Å²) in [4.78, 5) is 0. The van der Waals surface area contributed by atoms with Crippen molar-refractivity contribution in [2.45, 2.75) is 6.42 Å². The summed E-state index contributed by atoms with van der Waals surface area (Å²) in [5, 5.41) is 3.09. The van der Waals surface area contributed by atoms with Crippen molar-refractivity contribution in [3.63, 3.8) is 0 Å². The Kier molecular flexibility index (Phi) is 9.46. The van der Waals surface area contributed by atoms with Crippen LogP contribution in [0.15, 0.2) is 24.3 Å². The first-order chi connectivity index (χ1) is 5.34. The smallest absolute Gasteiger partial charge is 0.0347 e. The van der Waals surface area contributed by atoms with Gasteiger partial charge >= 0.3 is 0 Å². The number of para-hydroxylation sites is 1. The fourth-order valence-electron chi connectivity index (χ4n) is 1.02. The first kappa shape index (κ1) is 15.1. The maximum atomic E-state index is 5.73. The number of hydrogen-bond acceptors (Lipinski definition) is 2. The van der Waals surface area contributed by atoms with Crippen LogP contribution in [0.1, 0.15) is 5.56 Å². The third-order valence-electron chi connectivity index (χ3n) is 1.70. The summed E-state index contributed by atoms with van der Waals surface area (Å²) < 4.78 is 0. The number of nitrogens with two attached hydrogens (primary N) is 1. The molecule has 0 saturated heterocycles. The van der Waals surface area contributed by atoms with Crippen LogP contribution in [0, 0.1) is 0 Å². The predicted octanol–water partition coefficient (Wildman–Crippen LogP) is 1.87. The van der Waals surface area contributed by atoms with Crippen LogP contribution in [-0.2, 0) is 6.42 Å². The molecule has 0 aliphatic heterocycles. The monoisotopic (exact) mass is 222 g/mol. The second kappa shape index (κ2) is 8.17. The number of rotatable bonds is 3. The van der Waals surface area contributed by atoms with Crippen LogP contribution in [0.2, 0.25) is 0 Å². The molecular weight excluding hydrogens is 207 g/mol. The molecule has 0 spiro atoms. The summed E-state index contributed by atoms with van der Waals surface area (Å²) in [7, 11) is 1.94. The Labute approximate surface area is 91.7 Å². The summed E-state index contributed by atoms with van der Waals surface area (Å²) in [6, 6.07) is 7.97.